The molecule has 0 aromatic heterocycles. The van der Waals surface area contributed by atoms with E-state index in [1.54, 1.807) is 12.1 Å². The highest BCUT2D eigenvalue weighted by Gasteiger charge is 1.99. The number of amides is 1. The Bertz CT molecular complexity index is 368. The topological polar surface area (TPSA) is 29.1 Å². The Balaban J connectivity index is 2.79. The molecule has 1 aromatic carbocycles. The predicted molar refractivity (Wildman–Crippen MR) is 58.7 cm³/mol. The number of rotatable bonds is 3. The Labute approximate surface area is 88.8 Å². The standard InChI is InChI=1S/C12H14FNO/c1-3-14-12(15)8-9(2)10-4-6-11(13)7-5-10/h4-8H,3H2,1-2H3,(H,14,15)/b9-8+. The number of carbonyl (C=O) groups excluding carboxylic acids is 1. The highest BCUT2D eigenvalue weighted by molar-refractivity contribution is 5.94. The Morgan fingerprint density at radius 2 is 2.00 bits per heavy atom. The maximum atomic E-state index is 12.6. The van der Waals surface area contributed by atoms with Crippen molar-refractivity contribution in [3.63, 3.8) is 0 Å². The summed E-state index contributed by atoms with van der Waals surface area (Å²) in [4.78, 5) is 11.2. The first-order chi connectivity index (χ1) is 7.13. The van der Waals surface area contributed by atoms with Crippen molar-refractivity contribution in [3.05, 3.63) is 41.7 Å². The van der Waals surface area contributed by atoms with E-state index in [-0.39, 0.29) is 11.7 Å². The molecule has 0 unspecified atom stereocenters. The molecule has 1 N–H and O–H groups in total. The lowest BCUT2D eigenvalue weighted by atomic mass is 10.1. The van der Waals surface area contributed by atoms with Crippen molar-refractivity contribution in [2.24, 2.45) is 0 Å². The van der Waals surface area contributed by atoms with E-state index in [2.05, 4.69) is 5.32 Å². The molecule has 0 aliphatic rings. The number of halogens is 1. The summed E-state index contributed by atoms with van der Waals surface area (Å²) >= 11 is 0. The number of likely N-dealkylation sites (N-methyl/N-ethyl adjacent to an activating group) is 1. The monoisotopic (exact) mass is 207 g/mol. The molecule has 0 saturated carbocycles. The Morgan fingerprint density at radius 1 is 1.40 bits per heavy atom. The molecule has 80 valence electrons. The van der Waals surface area contributed by atoms with Gasteiger partial charge < -0.3 is 5.32 Å². The fourth-order valence-corrected chi connectivity index (χ4v) is 1.22. The lowest BCUT2D eigenvalue weighted by Crippen LogP contribution is -2.20. The van der Waals surface area contributed by atoms with Crippen LogP contribution in [0, 0.1) is 5.82 Å². The zero-order chi connectivity index (χ0) is 11.3. The summed E-state index contributed by atoms with van der Waals surface area (Å²) in [6.45, 7) is 4.29. The van der Waals surface area contributed by atoms with E-state index in [9.17, 15) is 9.18 Å². The van der Waals surface area contributed by atoms with E-state index < -0.39 is 0 Å². The van der Waals surface area contributed by atoms with Crippen molar-refractivity contribution >= 4 is 11.5 Å². The van der Waals surface area contributed by atoms with E-state index in [1.807, 2.05) is 13.8 Å². The van der Waals surface area contributed by atoms with Crippen molar-refractivity contribution in [1.29, 1.82) is 0 Å². The second-order valence-electron chi connectivity index (χ2n) is 3.23. The summed E-state index contributed by atoms with van der Waals surface area (Å²) in [5.41, 5.74) is 1.67. The van der Waals surface area contributed by atoms with Crippen molar-refractivity contribution in [1.82, 2.24) is 5.32 Å². The number of allylic oxidation sites excluding steroid dienone is 1. The van der Waals surface area contributed by atoms with Crippen molar-refractivity contribution in [3.8, 4) is 0 Å². The third-order valence-electron chi connectivity index (χ3n) is 2.00. The van der Waals surface area contributed by atoms with Crippen LogP contribution in [0.2, 0.25) is 0 Å². The van der Waals surface area contributed by atoms with Crippen LogP contribution < -0.4 is 5.32 Å². The summed E-state index contributed by atoms with van der Waals surface area (Å²) in [6.07, 6.45) is 1.51. The molecular weight excluding hydrogens is 193 g/mol. The first kappa shape index (κ1) is 11.4. The van der Waals surface area contributed by atoms with Crippen LogP contribution >= 0.6 is 0 Å². The average molecular weight is 207 g/mol. The van der Waals surface area contributed by atoms with Crippen LogP contribution in [0.25, 0.3) is 5.57 Å². The van der Waals surface area contributed by atoms with Crippen molar-refractivity contribution in [2.45, 2.75) is 13.8 Å². The van der Waals surface area contributed by atoms with Gasteiger partial charge in [-0.15, -0.1) is 0 Å². The van der Waals surface area contributed by atoms with E-state index in [4.69, 9.17) is 0 Å². The van der Waals surface area contributed by atoms with Gasteiger partial charge in [-0.05, 0) is 37.1 Å². The summed E-state index contributed by atoms with van der Waals surface area (Å²) in [5.74, 6) is -0.399. The van der Waals surface area contributed by atoms with Gasteiger partial charge in [0.05, 0.1) is 0 Å². The van der Waals surface area contributed by atoms with Crippen LogP contribution in [0.4, 0.5) is 4.39 Å². The number of benzene rings is 1. The van der Waals surface area contributed by atoms with E-state index >= 15 is 0 Å². The summed E-state index contributed by atoms with van der Waals surface area (Å²) in [7, 11) is 0. The number of hydrogen-bond acceptors (Lipinski definition) is 1. The van der Waals surface area contributed by atoms with Crippen molar-refractivity contribution < 1.29 is 9.18 Å². The fraction of sp³-hybridized carbons (Fsp3) is 0.250. The molecule has 0 aliphatic carbocycles. The molecule has 0 saturated heterocycles. The molecule has 0 fully saturated rings. The van der Waals surface area contributed by atoms with E-state index in [1.165, 1.54) is 18.2 Å². The minimum atomic E-state index is -0.274. The SMILES string of the molecule is CCNC(=O)/C=C(\C)c1ccc(F)cc1. The number of carbonyl (C=O) groups is 1. The summed E-state index contributed by atoms with van der Waals surface area (Å²) < 4.78 is 12.6. The third kappa shape index (κ3) is 3.54. The molecule has 1 amide bonds. The molecule has 0 radical (unpaired) electrons. The quantitative estimate of drug-likeness (QED) is 0.757. The number of nitrogens with one attached hydrogen (secondary N) is 1. The first-order valence-electron chi connectivity index (χ1n) is 4.85. The summed E-state index contributed by atoms with van der Waals surface area (Å²) in [6, 6.07) is 6.07. The fourth-order valence-electron chi connectivity index (χ4n) is 1.22. The predicted octanol–water partition coefficient (Wildman–Crippen LogP) is 2.37. The van der Waals surface area contributed by atoms with Crippen LogP contribution in [0.5, 0.6) is 0 Å². The van der Waals surface area contributed by atoms with Crippen LogP contribution in [0.1, 0.15) is 19.4 Å². The molecule has 0 aliphatic heterocycles. The first-order valence-corrected chi connectivity index (χ1v) is 4.85. The molecule has 0 bridgehead atoms. The number of hydrogen-bond donors (Lipinski definition) is 1. The van der Waals surface area contributed by atoms with Crippen molar-refractivity contribution in [2.75, 3.05) is 6.54 Å². The Hall–Kier alpha value is -1.64. The summed E-state index contributed by atoms with van der Waals surface area (Å²) in [5, 5.41) is 2.67. The van der Waals surface area contributed by atoms with Gasteiger partial charge in [0, 0.05) is 12.6 Å². The van der Waals surface area contributed by atoms with Crippen LogP contribution in [0.15, 0.2) is 30.3 Å². The lowest BCUT2D eigenvalue weighted by molar-refractivity contribution is -0.116. The van der Waals surface area contributed by atoms with Gasteiger partial charge in [0.1, 0.15) is 5.82 Å². The molecular formula is C12H14FNO. The van der Waals surface area contributed by atoms with Crippen LogP contribution in [0.3, 0.4) is 0 Å². The molecule has 0 atom stereocenters. The van der Waals surface area contributed by atoms with Crippen LogP contribution in [-0.2, 0) is 4.79 Å². The maximum Gasteiger partial charge on any atom is 0.244 e. The second-order valence-corrected chi connectivity index (χ2v) is 3.23. The molecule has 1 rings (SSSR count). The maximum absolute atomic E-state index is 12.6. The van der Waals surface area contributed by atoms with E-state index in [0.29, 0.717) is 6.54 Å². The molecule has 2 nitrogen and oxygen atoms in total. The van der Waals surface area contributed by atoms with Gasteiger partial charge in [-0.1, -0.05) is 12.1 Å². The minimum absolute atomic E-state index is 0.126. The Kier molecular flexibility index (Phi) is 4.03. The lowest BCUT2D eigenvalue weighted by Gasteiger charge is -2.01. The minimum Gasteiger partial charge on any atom is -0.353 e. The molecule has 3 heteroatoms. The Morgan fingerprint density at radius 3 is 2.53 bits per heavy atom. The molecule has 1 aromatic rings. The van der Waals surface area contributed by atoms with Gasteiger partial charge in [0.25, 0.3) is 0 Å². The molecule has 0 heterocycles. The average Bonchev–Trinajstić information content (AvgIpc) is 2.18. The highest BCUT2D eigenvalue weighted by Crippen LogP contribution is 2.13. The van der Waals surface area contributed by atoms with Gasteiger partial charge in [-0.3, -0.25) is 4.79 Å². The van der Waals surface area contributed by atoms with Gasteiger partial charge in [-0.2, -0.15) is 0 Å². The largest absolute Gasteiger partial charge is 0.353 e. The molecule has 15 heavy (non-hydrogen) atoms. The van der Waals surface area contributed by atoms with Gasteiger partial charge in [0.2, 0.25) is 5.91 Å². The van der Waals surface area contributed by atoms with Crippen LogP contribution in [-0.4, -0.2) is 12.5 Å². The second kappa shape index (κ2) is 5.29. The van der Waals surface area contributed by atoms with Gasteiger partial charge >= 0.3 is 0 Å². The smallest absolute Gasteiger partial charge is 0.244 e. The third-order valence-corrected chi connectivity index (χ3v) is 2.00. The highest BCUT2D eigenvalue weighted by atomic mass is 19.1. The van der Waals surface area contributed by atoms with E-state index in [0.717, 1.165) is 11.1 Å². The van der Waals surface area contributed by atoms with Gasteiger partial charge in [0.15, 0.2) is 0 Å². The van der Waals surface area contributed by atoms with Gasteiger partial charge in [-0.25, -0.2) is 4.39 Å². The molecule has 0 spiro atoms. The normalized spacial score (nSPS) is 11.3. The zero-order valence-electron chi connectivity index (χ0n) is 8.88. The zero-order valence-corrected chi connectivity index (χ0v) is 8.88.